The summed E-state index contributed by atoms with van der Waals surface area (Å²) in [5, 5.41) is 22.4. The van der Waals surface area contributed by atoms with Gasteiger partial charge in [-0.25, -0.2) is 4.98 Å². The first-order valence-electron chi connectivity index (χ1n) is 4.13. The number of azide groups is 1. The Morgan fingerprint density at radius 2 is 2.27 bits per heavy atom. The topological polar surface area (TPSA) is 102 Å². The lowest BCUT2D eigenvalue weighted by molar-refractivity contribution is 0.0242. The molecule has 80 valence electrons. The number of nitrogens with zero attached hydrogens (tertiary/aromatic N) is 4. The first-order chi connectivity index (χ1) is 7.15. The van der Waals surface area contributed by atoms with Gasteiger partial charge in [0.15, 0.2) is 0 Å². The Bertz CT molecular complexity index is 363. The predicted octanol–water partition coefficient (Wildman–Crippen LogP) is 1.44. The summed E-state index contributed by atoms with van der Waals surface area (Å²) in [6.45, 7) is -0.194. The summed E-state index contributed by atoms with van der Waals surface area (Å²) in [6, 6.07) is 3.04. The second-order valence-corrected chi connectivity index (χ2v) is 3.23. The van der Waals surface area contributed by atoms with Crippen LogP contribution in [0.15, 0.2) is 23.4 Å². The van der Waals surface area contributed by atoms with Crippen LogP contribution in [0.2, 0.25) is 5.15 Å². The number of hydrogen-bond acceptors (Lipinski definition) is 4. The number of aliphatic hydroxyl groups is 2. The fourth-order valence-corrected chi connectivity index (χ4v) is 1.12. The van der Waals surface area contributed by atoms with E-state index in [4.69, 9.17) is 17.1 Å². The minimum Gasteiger partial charge on any atom is -0.390 e. The van der Waals surface area contributed by atoms with Crippen molar-refractivity contribution in [3.05, 3.63) is 39.5 Å². The van der Waals surface area contributed by atoms with Crippen LogP contribution in [0.25, 0.3) is 10.4 Å². The third-order valence-corrected chi connectivity index (χ3v) is 2.01. The molecular formula is C8H9ClN4O2. The Balaban J connectivity index is 2.70. The Kier molecular flexibility index (Phi) is 4.33. The molecule has 1 aromatic heterocycles. The van der Waals surface area contributed by atoms with E-state index >= 15 is 0 Å². The highest BCUT2D eigenvalue weighted by atomic mass is 35.5. The lowest BCUT2D eigenvalue weighted by Crippen LogP contribution is -2.21. The SMILES string of the molecule is [N-]=[N+]=NCC(O)C(O)c1ccc(Cl)nc1. The average Bonchev–Trinajstić information content (AvgIpc) is 2.26. The molecule has 0 fully saturated rings. The molecule has 0 bridgehead atoms. The molecule has 0 aliphatic rings. The van der Waals surface area contributed by atoms with Crippen LogP contribution < -0.4 is 0 Å². The van der Waals surface area contributed by atoms with Crippen molar-refractivity contribution >= 4 is 11.6 Å². The van der Waals surface area contributed by atoms with E-state index in [1.54, 1.807) is 6.07 Å². The zero-order valence-corrected chi connectivity index (χ0v) is 8.41. The molecule has 2 unspecified atom stereocenters. The van der Waals surface area contributed by atoms with Crippen LogP contribution in [0.4, 0.5) is 0 Å². The van der Waals surface area contributed by atoms with Gasteiger partial charge in [-0.05, 0) is 11.6 Å². The average molecular weight is 229 g/mol. The summed E-state index contributed by atoms with van der Waals surface area (Å²) < 4.78 is 0. The summed E-state index contributed by atoms with van der Waals surface area (Å²) in [7, 11) is 0. The van der Waals surface area contributed by atoms with E-state index in [0.717, 1.165) is 0 Å². The zero-order valence-electron chi connectivity index (χ0n) is 7.66. The molecule has 0 aliphatic carbocycles. The fraction of sp³-hybridized carbons (Fsp3) is 0.375. The van der Waals surface area contributed by atoms with Gasteiger partial charge in [0, 0.05) is 16.7 Å². The summed E-state index contributed by atoms with van der Waals surface area (Å²) >= 11 is 5.56. The van der Waals surface area contributed by atoms with Gasteiger partial charge in [0.05, 0.1) is 12.6 Å². The molecule has 1 heterocycles. The van der Waals surface area contributed by atoms with Crippen LogP contribution in [0.5, 0.6) is 0 Å². The summed E-state index contributed by atoms with van der Waals surface area (Å²) in [5.74, 6) is 0. The van der Waals surface area contributed by atoms with Gasteiger partial charge in [0.1, 0.15) is 11.3 Å². The van der Waals surface area contributed by atoms with Crippen molar-refractivity contribution in [2.24, 2.45) is 5.11 Å². The van der Waals surface area contributed by atoms with Crippen LogP contribution in [-0.4, -0.2) is 27.8 Å². The molecule has 0 saturated heterocycles. The molecule has 15 heavy (non-hydrogen) atoms. The van der Waals surface area contributed by atoms with E-state index in [1.807, 2.05) is 0 Å². The molecular weight excluding hydrogens is 220 g/mol. The van der Waals surface area contributed by atoms with E-state index in [2.05, 4.69) is 15.0 Å². The van der Waals surface area contributed by atoms with E-state index < -0.39 is 12.2 Å². The highest BCUT2D eigenvalue weighted by molar-refractivity contribution is 6.29. The molecule has 2 N–H and O–H groups in total. The van der Waals surface area contributed by atoms with E-state index in [-0.39, 0.29) is 6.54 Å². The Hall–Kier alpha value is -1.33. The number of aliphatic hydroxyl groups excluding tert-OH is 2. The third-order valence-electron chi connectivity index (χ3n) is 1.79. The summed E-state index contributed by atoms with van der Waals surface area (Å²) in [4.78, 5) is 6.24. The van der Waals surface area contributed by atoms with Gasteiger partial charge in [-0.1, -0.05) is 22.8 Å². The van der Waals surface area contributed by atoms with Gasteiger partial charge in [0.2, 0.25) is 0 Å². The molecule has 2 atom stereocenters. The first-order valence-corrected chi connectivity index (χ1v) is 4.51. The van der Waals surface area contributed by atoms with Crippen molar-refractivity contribution in [1.82, 2.24) is 4.98 Å². The normalized spacial score (nSPS) is 14.1. The number of hydrogen-bond donors (Lipinski definition) is 2. The van der Waals surface area contributed by atoms with Crippen molar-refractivity contribution in [3.63, 3.8) is 0 Å². The van der Waals surface area contributed by atoms with Crippen LogP contribution in [0, 0.1) is 0 Å². The van der Waals surface area contributed by atoms with Crippen molar-refractivity contribution in [3.8, 4) is 0 Å². The summed E-state index contributed by atoms with van der Waals surface area (Å²) in [5.41, 5.74) is 8.46. The molecule has 0 aliphatic heterocycles. The van der Waals surface area contributed by atoms with Crippen LogP contribution in [-0.2, 0) is 0 Å². The van der Waals surface area contributed by atoms with Gasteiger partial charge in [-0.15, -0.1) is 0 Å². The number of pyridine rings is 1. The maximum atomic E-state index is 9.59. The lowest BCUT2D eigenvalue weighted by Gasteiger charge is -2.15. The zero-order chi connectivity index (χ0) is 11.3. The second kappa shape index (κ2) is 5.53. The van der Waals surface area contributed by atoms with Gasteiger partial charge >= 0.3 is 0 Å². The Morgan fingerprint density at radius 1 is 1.53 bits per heavy atom. The summed E-state index contributed by atoms with van der Waals surface area (Å²) in [6.07, 6.45) is -0.934. The van der Waals surface area contributed by atoms with Gasteiger partial charge in [-0.3, -0.25) is 0 Å². The van der Waals surface area contributed by atoms with Crippen molar-refractivity contribution in [2.45, 2.75) is 12.2 Å². The minimum absolute atomic E-state index is 0.194. The Morgan fingerprint density at radius 3 is 2.80 bits per heavy atom. The molecule has 6 nitrogen and oxygen atoms in total. The molecule has 1 rings (SSSR count). The van der Waals surface area contributed by atoms with Crippen LogP contribution in [0.3, 0.4) is 0 Å². The number of rotatable bonds is 4. The standard InChI is InChI=1S/C8H9ClN4O2/c9-7-2-1-5(3-11-7)8(15)6(14)4-12-13-10/h1-3,6,8,14-15H,4H2. The van der Waals surface area contributed by atoms with Crippen LogP contribution >= 0.6 is 11.6 Å². The smallest absolute Gasteiger partial charge is 0.129 e. The maximum Gasteiger partial charge on any atom is 0.129 e. The van der Waals surface area contributed by atoms with E-state index in [0.29, 0.717) is 10.7 Å². The molecule has 1 aromatic rings. The Labute approximate surface area is 90.8 Å². The molecule has 7 heteroatoms. The van der Waals surface area contributed by atoms with Gasteiger partial charge < -0.3 is 10.2 Å². The second-order valence-electron chi connectivity index (χ2n) is 2.84. The van der Waals surface area contributed by atoms with Gasteiger partial charge in [0.25, 0.3) is 0 Å². The molecule has 0 spiro atoms. The van der Waals surface area contributed by atoms with E-state index in [1.165, 1.54) is 12.3 Å². The fourth-order valence-electron chi connectivity index (χ4n) is 1.00. The maximum absolute atomic E-state index is 9.59. The quantitative estimate of drug-likeness (QED) is 0.353. The number of aromatic nitrogens is 1. The number of halogens is 1. The van der Waals surface area contributed by atoms with E-state index in [9.17, 15) is 10.2 Å². The lowest BCUT2D eigenvalue weighted by atomic mass is 10.1. The van der Waals surface area contributed by atoms with Crippen molar-refractivity contribution in [2.75, 3.05) is 6.54 Å². The first kappa shape index (κ1) is 11.7. The van der Waals surface area contributed by atoms with Crippen molar-refractivity contribution in [1.29, 1.82) is 0 Å². The largest absolute Gasteiger partial charge is 0.390 e. The highest BCUT2D eigenvalue weighted by Gasteiger charge is 2.17. The molecule has 0 saturated carbocycles. The predicted molar refractivity (Wildman–Crippen MR) is 54.2 cm³/mol. The molecule has 0 aromatic carbocycles. The van der Waals surface area contributed by atoms with Crippen molar-refractivity contribution < 1.29 is 10.2 Å². The minimum atomic E-state index is -1.15. The van der Waals surface area contributed by atoms with Gasteiger partial charge in [-0.2, -0.15) is 0 Å². The third kappa shape index (κ3) is 3.38. The van der Waals surface area contributed by atoms with Crippen LogP contribution in [0.1, 0.15) is 11.7 Å². The highest BCUT2D eigenvalue weighted by Crippen LogP contribution is 2.17. The monoisotopic (exact) mass is 228 g/mol. The molecule has 0 radical (unpaired) electrons. The molecule has 0 amide bonds.